The van der Waals surface area contributed by atoms with E-state index in [4.69, 9.17) is 9.97 Å². The summed E-state index contributed by atoms with van der Waals surface area (Å²) < 4.78 is 40.7. The number of hydrogen-bond acceptors (Lipinski definition) is 8. The second kappa shape index (κ2) is 7.59. The largest absolute Gasteiger partial charge is 0.451 e. The third-order valence-corrected chi connectivity index (χ3v) is 6.75. The van der Waals surface area contributed by atoms with Crippen LogP contribution in [0, 0.1) is 0 Å². The Morgan fingerprint density at radius 3 is 2.71 bits per heavy atom. The highest BCUT2D eigenvalue weighted by Crippen LogP contribution is 2.36. The van der Waals surface area contributed by atoms with E-state index >= 15 is 0 Å². The summed E-state index contributed by atoms with van der Waals surface area (Å²) in [5.74, 6) is 0.560. The fraction of sp³-hybridized carbons (Fsp3) is 0.579. The van der Waals surface area contributed by atoms with Crippen LogP contribution in [0.5, 0.6) is 0 Å². The second-order valence-electron chi connectivity index (χ2n) is 7.93. The van der Waals surface area contributed by atoms with Crippen LogP contribution in [0.1, 0.15) is 36.3 Å². The van der Waals surface area contributed by atoms with Crippen LogP contribution in [0.3, 0.4) is 0 Å². The zero-order valence-electron chi connectivity index (χ0n) is 16.9. The Morgan fingerprint density at radius 1 is 1.16 bits per heavy atom. The number of β-amino-alcohol motifs (C(OH)–C–C–N with tert-alkyl or cyclic N) is 1. The quantitative estimate of drug-likeness (QED) is 0.650. The molecule has 3 aromatic heterocycles. The predicted molar refractivity (Wildman–Crippen MR) is 110 cm³/mol. The molecule has 3 aromatic rings. The molecule has 5 heterocycles. The lowest BCUT2D eigenvalue weighted by atomic mass is 10.2. The van der Waals surface area contributed by atoms with Crippen LogP contribution in [0.2, 0.25) is 0 Å². The SMILES string of the molecule is CCCc1cc2c(N3CCn4c(nnc4C(F)(F)F)C3)nc(N3CC[C@@H](O)C3)nc2s1. The van der Waals surface area contributed by atoms with Crippen LogP contribution in [-0.4, -0.2) is 55.6 Å². The summed E-state index contributed by atoms with van der Waals surface area (Å²) in [4.78, 5) is 15.5. The van der Waals surface area contributed by atoms with Gasteiger partial charge in [-0.15, -0.1) is 21.5 Å². The number of aliphatic hydroxyl groups is 1. The summed E-state index contributed by atoms with van der Waals surface area (Å²) in [7, 11) is 0. The molecule has 1 N–H and O–H groups in total. The Morgan fingerprint density at radius 2 is 2.00 bits per heavy atom. The second-order valence-corrected chi connectivity index (χ2v) is 9.04. The molecule has 2 aliphatic rings. The number of anilines is 2. The van der Waals surface area contributed by atoms with E-state index in [9.17, 15) is 18.3 Å². The monoisotopic (exact) mass is 453 g/mol. The van der Waals surface area contributed by atoms with Crippen LogP contribution in [0.4, 0.5) is 24.9 Å². The highest BCUT2D eigenvalue weighted by Gasteiger charge is 2.40. The van der Waals surface area contributed by atoms with Crippen LogP contribution < -0.4 is 9.80 Å². The first kappa shape index (κ1) is 20.4. The van der Waals surface area contributed by atoms with Crippen molar-refractivity contribution in [1.82, 2.24) is 24.7 Å². The Bertz CT molecular complexity index is 1110. The topological polar surface area (TPSA) is 83.2 Å². The van der Waals surface area contributed by atoms with E-state index in [0.29, 0.717) is 37.8 Å². The lowest BCUT2D eigenvalue weighted by molar-refractivity contribution is -0.147. The number of fused-ring (bicyclic) bond motifs is 2. The Labute approximate surface area is 180 Å². The minimum absolute atomic E-state index is 0.131. The number of halogens is 3. The summed E-state index contributed by atoms with van der Waals surface area (Å²) in [5, 5.41) is 18.0. The standard InChI is InChI=1S/C19H22F3N7OS/c1-2-3-12-8-13-15(23-18(24-16(13)31-12)28-5-4-11(30)9-28)27-6-7-29-14(10-27)25-26-17(29)19(20,21)22/h8,11,30H,2-7,9-10H2,1H3/t11-/m1/s1. The Hall–Kier alpha value is -2.47. The molecule has 0 aromatic carbocycles. The molecule has 1 atom stereocenters. The molecule has 5 rings (SSSR count). The van der Waals surface area contributed by atoms with Crippen molar-refractivity contribution in [3.05, 3.63) is 22.6 Å². The first-order valence-corrected chi connectivity index (χ1v) is 11.1. The van der Waals surface area contributed by atoms with E-state index in [1.165, 1.54) is 4.88 Å². The number of alkyl halides is 3. The van der Waals surface area contributed by atoms with Crippen molar-refractivity contribution in [3.8, 4) is 0 Å². The molecule has 8 nitrogen and oxygen atoms in total. The number of hydrogen-bond donors (Lipinski definition) is 1. The van der Waals surface area contributed by atoms with E-state index in [0.717, 1.165) is 27.6 Å². The van der Waals surface area contributed by atoms with Gasteiger partial charge in [0.1, 0.15) is 10.6 Å². The lowest BCUT2D eigenvalue weighted by Crippen LogP contribution is -2.36. The number of rotatable bonds is 4. The third kappa shape index (κ3) is 3.71. The normalized spacial score (nSPS) is 19.5. The van der Waals surface area contributed by atoms with Gasteiger partial charge in [-0.2, -0.15) is 18.2 Å². The van der Waals surface area contributed by atoms with Crippen LogP contribution in [0.15, 0.2) is 6.07 Å². The number of aryl methyl sites for hydroxylation is 1. The molecular weight excluding hydrogens is 431 g/mol. The molecule has 0 aliphatic carbocycles. The maximum atomic E-state index is 13.2. The molecule has 0 saturated carbocycles. The van der Waals surface area contributed by atoms with Crippen LogP contribution in [0.25, 0.3) is 10.2 Å². The van der Waals surface area contributed by atoms with E-state index < -0.39 is 18.1 Å². The Balaban J connectivity index is 1.54. The van der Waals surface area contributed by atoms with Crippen molar-refractivity contribution < 1.29 is 18.3 Å². The fourth-order valence-corrected chi connectivity index (χ4v) is 5.29. The van der Waals surface area contributed by atoms with Gasteiger partial charge < -0.3 is 19.5 Å². The van der Waals surface area contributed by atoms with E-state index in [1.54, 1.807) is 11.3 Å². The molecule has 31 heavy (non-hydrogen) atoms. The highest BCUT2D eigenvalue weighted by molar-refractivity contribution is 7.18. The first-order valence-electron chi connectivity index (χ1n) is 10.3. The zero-order chi connectivity index (χ0) is 21.8. The molecule has 0 bridgehead atoms. The summed E-state index contributed by atoms with van der Waals surface area (Å²) in [6.45, 7) is 3.94. The highest BCUT2D eigenvalue weighted by atomic mass is 32.1. The summed E-state index contributed by atoms with van der Waals surface area (Å²) in [6, 6.07) is 2.09. The molecule has 1 fully saturated rings. The van der Waals surface area contributed by atoms with Gasteiger partial charge in [0.25, 0.3) is 0 Å². The van der Waals surface area contributed by atoms with E-state index in [1.807, 2.05) is 9.80 Å². The predicted octanol–water partition coefficient (Wildman–Crippen LogP) is 2.85. The molecule has 0 amide bonds. The average molecular weight is 453 g/mol. The van der Waals surface area contributed by atoms with Crippen molar-refractivity contribution in [2.45, 2.75) is 51.6 Å². The maximum absolute atomic E-state index is 13.2. The molecule has 1 saturated heterocycles. The first-order chi connectivity index (χ1) is 14.8. The molecule has 0 unspecified atom stereocenters. The van der Waals surface area contributed by atoms with Gasteiger partial charge in [-0.25, -0.2) is 4.98 Å². The molecule has 0 radical (unpaired) electrons. The van der Waals surface area contributed by atoms with Gasteiger partial charge >= 0.3 is 6.18 Å². The van der Waals surface area contributed by atoms with Crippen LogP contribution in [-0.2, 0) is 25.7 Å². The minimum atomic E-state index is -4.53. The number of aliphatic hydroxyl groups excluding tert-OH is 1. The zero-order valence-corrected chi connectivity index (χ0v) is 17.7. The van der Waals surface area contributed by atoms with Crippen LogP contribution >= 0.6 is 11.3 Å². The van der Waals surface area contributed by atoms with Gasteiger partial charge in [-0.05, 0) is 18.9 Å². The molecule has 2 aliphatic heterocycles. The smallest absolute Gasteiger partial charge is 0.391 e. The average Bonchev–Trinajstić information content (AvgIpc) is 3.43. The summed E-state index contributed by atoms with van der Waals surface area (Å²) in [6.07, 6.45) is -2.33. The van der Waals surface area contributed by atoms with Gasteiger partial charge in [0, 0.05) is 31.1 Å². The summed E-state index contributed by atoms with van der Waals surface area (Å²) in [5.41, 5.74) is 0. The number of thiophene rings is 1. The molecular formula is C19H22F3N7OS. The van der Waals surface area contributed by atoms with Gasteiger partial charge in [-0.3, -0.25) is 0 Å². The van der Waals surface area contributed by atoms with E-state index in [2.05, 4.69) is 23.2 Å². The fourth-order valence-electron chi connectivity index (χ4n) is 4.17. The van der Waals surface area contributed by atoms with Gasteiger partial charge in [0.2, 0.25) is 11.8 Å². The van der Waals surface area contributed by atoms with Crippen molar-refractivity contribution >= 4 is 33.3 Å². The Kier molecular flexibility index (Phi) is 5.00. The van der Waals surface area contributed by atoms with Crippen molar-refractivity contribution in [1.29, 1.82) is 0 Å². The number of nitrogens with zero attached hydrogens (tertiary/aromatic N) is 7. The number of aromatic nitrogens is 5. The van der Waals surface area contributed by atoms with Crippen molar-refractivity contribution in [3.63, 3.8) is 0 Å². The summed E-state index contributed by atoms with van der Waals surface area (Å²) >= 11 is 1.62. The van der Waals surface area contributed by atoms with Crippen molar-refractivity contribution in [2.75, 3.05) is 29.4 Å². The minimum Gasteiger partial charge on any atom is -0.391 e. The molecule has 0 spiro atoms. The third-order valence-electron chi connectivity index (χ3n) is 5.66. The van der Waals surface area contributed by atoms with E-state index in [-0.39, 0.29) is 18.9 Å². The van der Waals surface area contributed by atoms with Crippen molar-refractivity contribution in [2.24, 2.45) is 0 Å². The van der Waals surface area contributed by atoms with Gasteiger partial charge in [-0.1, -0.05) is 13.3 Å². The molecule has 12 heteroatoms. The maximum Gasteiger partial charge on any atom is 0.451 e. The van der Waals surface area contributed by atoms with Gasteiger partial charge in [0.15, 0.2) is 5.82 Å². The van der Waals surface area contributed by atoms with Gasteiger partial charge in [0.05, 0.1) is 18.0 Å². The molecule has 166 valence electrons. The lowest BCUT2D eigenvalue weighted by Gasteiger charge is -2.30.